The molecule has 0 aliphatic rings. The molecule has 2 aromatic rings. The summed E-state index contributed by atoms with van der Waals surface area (Å²) in [4.78, 5) is 27.1. The summed E-state index contributed by atoms with van der Waals surface area (Å²) >= 11 is 0. The topological polar surface area (TPSA) is 88.5 Å². The minimum Gasteiger partial charge on any atom is -0.487 e. The zero-order valence-electron chi connectivity index (χ0n) is 12.4. The van der Waals surface area contributed by atoms with Crippen LogP contribution < -0.4 is 10.1 Å². The first-order valence-corrected chi connectivity index (χ1v) is 6.91. The number of carbonyl (C=O) groups excluding carboxylic acids is 1. The average Bonchev–Trinajstić information content (AvgIpc) is 2.58. The summed E-state index contributed by atoms with van der Waals surface area (Å²) in [6, 6.07) is 10.6. The molecule has 0 aliphatic carbocycles. The van der Waals surface area contributed by atoms with Crippen molar-refractivity contribution in [3.05, 3.63) is 72.1 Å². The lowest BCUT2D eigenvalue weighted by Gasteiger charge is -2.11. The van der Waals surface area contributed by atoms with E-state index in [1.807, 2.05) is 30.3 Å². The highest BCUT2D eigenvalue weighted by molar-refractivity contribution is 5.99. The summed E-state index contributed by atoms with van der Waals surface area (Å²) in [7, 11) is 0. The van der Waals surface area contributed by atoms with Gasteiger partial charge in [-0.15, -0.1) is 0 Å². The first-order valence-electron chi connectivity index (χ1n) is 6.91. The molecule has 0 atom stereocenters. The van der Waals surface area contributed by atoms with Crippen molar-refractivity contribution >= 4 is 11.9 Å². The van der Waals surface area contributed by atoms with Crippen molar-refractivity contribution in [2.45, 2.75) is 6.54 Å². The predicted octanol–water partition coefficient (Wildman–Crippen LogP) is 2.27. The lowest BCUT2D eigenvalue weighted by molar-refractivity contribution is 0.0690. The third kappa shape index (κ3) is 4.41. The molecule has 0 unspecified atom stereocenters. The van der Waals surface area contributed by atoms with Gasteiger partial charge in [-0.1, -0.05) is 43.0 Å². The first-order chi connectivity index (χ1) is 11.1. The van der Waals surface area contributed by atoms with Gasteiger partial charge in [0.1, 0.15) is 12.3 Å². The van der Waals surface area contributed by atoms with E-state index in [4.69, 9.17) is 9.84 Å². The highest BCUT2D eigenvalue weighted by Gasteiger charge is 2.17. The molecule has 118 valence electrons. The molecule has 1 aromatic carbocycles. The number of aromatic nitrogens is 1. The van der Waals surface area contributed by atoms with Gasteiger partial charge in [0, 0.05) is 6.54 Å². The fourth-order valence-electron chi connectivity index (χ4n) is 1.87. The van der Waals surface area contributed by atoms with Crippen molar-refractivity contribution in [1.82, 2.24) is 10.3 Å². The Labute approximate surface area is 133 Å². The maximum atomic E-state index is 12.3. The Hall–Kier alpha value is -3.15. The van der Waals surface area contributed by atoms with Crippen LogP contribution >= 0.6 is 0 Å². The van der Waals surface area contributed by atoms with Crippen LogP contribution in [0.5, 0.6) is 5.75 Å². The SMILES string of the molecule is C=CCOc1cnc(C(=O)O)cc1C(=O)NCc1ccccc1. The Morgan fingerprint density at radius 3 is 2.70 bits per heavy atom. The van der Waals surface area contributed by atoms with Gasteiger partial charge in [0.15, 0.2) is 5.75 Å². The molecule has 2 rings (SSSR count). The van der Waals surface area contributed by atoms with Crippen LogP contribution in [0, 0.1) is 0 Å². The molecule has 1 aromatic heterocycles. The number of aromatic carboxylic acids is 1. The van der Waals surface area contributed by atoms with E-state index in [0.717, 1.165) is 5.56 Å². The first kappa shape index (κ1) is 16.2. The van der Waals surface area contributed by atoms with E-state index in [2.05, 4.69) is 16.9 Å². The summed E-state index contributed by atoms with van der Waals surface area (Å²) in [6.45, 7) is 4.04. The summed E-state index contributed by atoms with van der Waals surface area (Å²) < 4.78 is 5.36. The molecule has 1 heterocycles. The minimum absolute atomic E-state index is 0.121. The number of nitrogens with zero attached hydrogens (tertiary/aromatic N) is 1. The van der Waals surface area contributed by atoms with Crippen molar-refractivity contribution in [2.75, 3.05) is 6.61 Å². The third-order valence-electron chi connectivity index (χ3n) is 2.98. The fourth-order valence-corrected chi connectivity index (χ4v) is 1.87. The quantitative estimate of drug-likeness (QED) is 0.766. The second-order valence-electron chi connectivity index (χ2n) is 4.64. The van der Waals surface area contributed by atoms with Crippen LogP contribution in [0.15, 0.2) is 55.3 Å². The average molecular weight is 312 g/mol. The largest absolute Gasteiger partial charge is 0.487 e. The summed E-state index contributed by atoms with van der Waals surface area (Å²) in [5, 5.41) is 11.7. The van der Waals surface area contributed by atoms with Crippen LogP contribution in [-0.4, -0.2) is 28.6 Å². The summed E-state index contributed by atoms with van der Waals surface area (Å²) in [5.74, 6) is -1.43. The number of ether oxygens (including phenoxy) is 1. The number of nitrogens with one attached hydrogen (secondary N) is 1. The van der Waals surface area contributed by atoms with Crippen molar-refractivity contribution < 1.29 is 19.4 Å². The van der Waals surface area contributed by atoms with Gasteiger partial charge in [0.05, 0.1) is 11.8 Å². The van der Waals surface area contributed by atoms with E-state index >= 15 is 0 Å². The molecule has 6 heteroatoms. The van der Waals surface area contributed by atoms with E-state index in [1.54, 1.807) is 0 Å². The van der Waals surface area contributed by atoms with Gasteiger partial charge in [-0.3, -0.25) is 4.79 Å². The Bertz CT molecular complexity index is 714. The lowest BCUT2D eigenvalue weighted by atomic mass is 10.1. The summed E-state index contributed by atoms with van der Waals surface area (Å²) in [5.41, 5.74) is 0.831. The molecule has 2 N–H and O–H groups in total. The van der Waals surface area contributed by atoms with Gasteiger partial charge >= 0.3 is 5.97 Å². The number of hydrogen-bond donors (Lipinski definition) is 2. The van der Waals surface area contributed by atoms with E-state index in [0.29, 0.717) is 6.54 Å². The minimum atomic E-state index is -1.21. The Balaban J connectivity index is 2.19. The van der Waals surface area contributed by atoms with Crippen LogP contribution in [0.4, 0.5) is 0 Å². The molecule has 1 amide bonds. The number of carboxylic acids is 1. The molecule has 0 aliphatic heterocycles. The zero-order chi connectivity index (χ0) is 16.7. The van der Waals surface area contributed by atoms with Gasteiger partial charge < -0.3 is 15.2 Å². The van der Waals surface area contributed by atoms with Crippen molar-refractivity contribution in [2.24, 2.45) is 0 Å². The van der Waals surface area contributed by atoms with E-state index in [9.17, 15) is 9.59 Å². The second-order valence-corrected chi connectivity index (χ2v) is 4.64. The van der Waals surface area contributed by atoms with E-state index in [1.165, 1.54) is 18.3 Å². The van der Waals surface area contributed by atoms with Crippen molar-refractivity contribution in [3.8, 4) is 5.75 Å². The van der Waals surface area contributed by atoms with Crippen molar-refractivity contribution in [1.29, 1.82) is 0 Å². The Morgan fingerprint density at radius 2 is 2.04 bits per heavy atom. The van der Waals surface area contributed by atoms with Gasteiger partial charge in [0.25, 0.3) is 5.91 Å². The van der Waals surface area contributed by atoms with Gasteiger partial charge in [-0.2, -0.15) is 0 Å². The number of pyridine rings is 1. The predicted molar refractivity (Wildman–Crippen MR) is 84.5 cm³/mol. The molecule has 23 heavy (non-hydrogen) atoms. The molecule has 0 fully saturated rings. The summed E-state index contributed by atoms with van der Waals surface area (Å²) in [6.07, 6.45) is 2.75. The monoisotopic (exact) mass is 312 g/mol. The number of benzene rings is 1. The zero-order valence-corrected chi connectivity index (χ0v) is 12.4. The van der Waals surface area contributed by atoms with Crippen LogP contribution in [0.25, 0.3) is 0 Å². The smallest absolute Gasteiger partial charge is 0.354 e. The molecular weight excluding hydrogens is 296 g/mol. The van der Waals surface area contributed by atoms with Crippen LogP contribution in [0.3, 0.4) is 0 Å². The van der Waals surface area contributed by atoms with Gasteiger partial charge in [0.2, 0.25) is 0 Å². The Kier molecular flexibility index (Phi) is 5.46. The molecule has 0 radical (unpaired) electrons. The molecule has 0 saturated heterocycles. The maximum Gasteiger partial charge on any atom is 0.354 e. The van der Waals surface area contributed by atoms with E-state index in [-0.39, 0.29) is 23.6 Å². The molecule has 0 bridgehead atoms. The maximum absolute atomic E-state index is 12.3. The highest BCUT2D eigenvalue weighted by atomic mass is 16.5. The standard InChI is InChI=1S/C17H16N2O4/c1-2-8-23-15-11-18-14(17(21)22)9-13(15)16(20)19-10-12-6-4-3-5-7-12/h2-7,9,11H,1,8,10H2,(H,19,20)(H,21,22). The molecule has 6 nitrogen and oxygen atoms in total. The number of amides is 1. The number of rotatable bonds is 7. The second kappa shape index (κ2) is 7.74. The van der Waals surface area contributed by atoms with Crippen LogP contribution in [-0.2, 0) is 6.54 Å². The molecular formula is C17H16N2O4. The lowest BCUT2D eigenvalue weighted by Crippen LogP contribution is -2.24. The third-order valence-corrected chi connectivity index (χ3v) is 2.98. The van der Waals surface area contributed by atoms with Crippen molar-refractivity contribution in [3.63, 3.8) is 0 Å². The number of carboxylic acid groups (broad SMARTS) is 1. The number of hydrogen-bond acceptors (Lipinski definition) is 4. The number of carbonyl (C=O) groups is 2. The van der Waals surface area contributed by atoms with Gasteiger partial charge in [-0.25, -0.2) is 9.78 Å². The fraction of sp³-hybridized carbons (Fsp3) is 0.118. The highest BCUT2D eigenvalue weighted by Crippen LogP contribution is 2.18. The van der Waals surface area contributed by atoms with E-state index < -0.39 is 11.9 Å². The van der Waals surface area contributed by atoms with Gasteiger partial charge in [-0.05, 0) is 11.6 Å². The van der Waals surface area contributed by atoms with Crippen LogP contribution in [0.2, 0.25) is 0 Å². The molecule has 0 saturated carbocycles. The van der Waals surface area contributed by atoms with Crippen LogP contribution in [0.1, 0.15) is 26.4 Å². The Morgan fingerprint density at radius 1 is 1.30 bits per heavy atom. The normalized spacial score (nSPS) is 9.91. The molecule has 0 spiro atoms.